The molecule has 0 radical (unpaired) electrons. The van der Waals surface area contributed by atoms with Crippen LogP contribution in [0.25, 0.3) is 0 Å². The van der Waals surface area contributed by atoms with Crippen LogP contribution in [0.3, 0.4) is 0 Å². The molecule has 1 aromatic carbocycles. The van der Waals surface area contributed by atoms with Crippen LogP contribution in [0.15, 0.2) is 18.2 Å². The van der Waals surface area contributed by atoms with Gasteiger partial charge >= 0.3 is 0 Å². The number of hydrogen-bond acceptors (Lipinski definition) is 4. The third-order valence-corrected chi connectivity index (χ3v) is 9.83. The highest BCUT2D eigenvalue weighted by molar-refractivity contribution is 7.89. The van der Waals surface area contributed by atoms with Gasteiger partial charge in [-0.05, 0) is 64.2 Å². The molecule has 2 heterocycles. The second kappa shape index (κ2) is 10.6. The summed E-state index contributed by atoms with van der Waals surface area (Å²) in [5, 5.41) is 7.74. The highest BCUT2D eigenvalue weighted by Gasteiger charge is 2.48. The first kappa shape index (κ1) is 25.8. The molecule has 3 atom stereocenters. The van der Waals surface area contributed by atoms with Crippen LogP contribution < -0.4 is 10.6 Å². The van der Waals surface area contributed by atoms with Crippen LogP contribution in [0.4, 0.5) is 0 Å². The molecule has 0 spiro atoms. The van der Waals surface area contributed by atoms with E-state index in [4.69, 9.17) is 23.2 Å². The fraction of sp³-hybridized carbons (Fsp3) is 0.696. The first-order valence-corrected chi connectivity index (χ1v) is 14.0. The predicted octanol–water partition coefficient (Wildman–Crippen LogP) is 4.46. The molecule has 32 heavy (non-hydrogen) atoms. The van der Waals surface area contributed by atoms with Gasteiger partial charge in [0.2, 0.25) is 10.0 Å². The first-order chi connectivity index (χ1) is 15.1. The number of hydrogen-bond donors (Lipinski definition) is 2. The molecule has 1 aromatic rings. The summed E-state index contributed by atoms with van der Waals surface area (Å²) in [6.45, 7) is 7.09. The Morgan fingerprint density at radius 3 is 2.56 bits per heavy atom. The predicted molar refractivity (Wildman–Crippen MR) is 131 cm³/mol. The molecule has 0 bridgehead atoms. The number of rotatable bonds is 7. The van der Waals surface area contributed by atoms with E-state index in [0.29, 0.717) is 54.0 Å². The van der Waals surface area contributed by atoms with Gasteiger partial charge in [0.05, 0.1) is 16.3 Å². The first-order valence-electron chi connectivity index (χ1n) is 11.6. The summed E-state index contributed by atoms with van der Waals surface area (Å²) >= 11 is 12.2. The van der Waals surface area contributed by atoms with E-state index in [9.17, 15) is 13.2 Å². The molecule has 9 heteroatoms. The SMILES string of the molecule is CCCS(=O)(=O)N1CCC(C2CCCC(C)N2)([C@H](C)NC(=O)c2ccc(Cl)cc2Cl)CC1. The quantitative estimate of drug-likeness (QED) is 0.575. The number of nitrogens with one attached hydrogen (secondary N) is 2. The third-order valence-electron chi connectivity index (χ3n) is 7.20. The number of nitrogens with zero attached hydrogens (tertiary/aromatic N) is 1. The molecule has 0 aromatic heterocycles. The number of halogens is 2. The van der Waals surface area contributed by atoms with Crippen molar-refractivity contribution in [2.75, 3.05) is 18.8 Å². The Kier molecular flexibility index (Phi) is 8.53. The van der Waals surface area contributed by atoms with E-state index >= 15 is 0 Å². The van der Waals surface area contributed by atoms with Crippen LogP contribution in [-0.4, -0.2) is 55.6 Å². The van der Waals surface area contributed by atoms with Gasteiger partial charge in [0.1, 0.15) is 0 Å². The van der Waals surface area contributed by atoms with Gasteiger partial charge in [-0.1, -0.05) is 36.5 Å². The third kappa shape index (κ3) is 5.61. The maximum atomic E-state index is 13.1. The topological polar surface area (TPSA) is 78.5 Å². The Bertz CT molecular complexity index is 917. The van der Waals surface area contributed by atoms with Gasteiger partial charge in [0.25, 0.3) is 5.91 Å². The number of carbonyl (C=O) groups is 1. The summed E-state index contributed by atoms with van der Waals surface area (Å²) in [7, 11) is -3.23. The van der Waals surface area contributed by atoms with E-state index in [-0.39, 0.29) is 29.2 Å². The molecule has 2 aliphatic heterocycles. The Morgan fingerprint density at radius 1 is 1.28 bits per heavy atom. The van der Waals surface area contributed by atoms with Gasteiger partial charge in [-0.15, -0.1) is 0 Å². The molecule has 3 rings (SSSR count). The minimum atomic E-state index is -3.23. The number of sulfonamides is 1. The Morgan fingerprint density at radius 2 is 1.97 bits per heavy atom. The molecular weight excluding hydrogens is 469 g/mol. The van der Waals surface area contributed by atoms with Crippen molar-refractivity contribution < 1.29 is 13.2 Å². The lowest BCUT2D eigenvalue weighted by molar-refractivity contribution is 0.0391. The van der Waals surface area contributed by atoms with Gasteiger partial charge in [-0.3, -0.25) is 4.79 Å². The van der Waals surface area contributed by atoms with Crippen LogP contribution in [-0.2, 0) is 10.0 Å². The molecule has 6 nitrogen and oxygen atoms in total. The van der Waals surface area contributed by atoms with E-state index in [0.717, 1.165) is 19.3 Å². The van der Waals surface area contributed by atoms with Crippen molar-refractivity contribution in [2.45, 2.75) is 77.4 Å². The molecule has 2 unspecified atom stereocenters. The van der Waals surface area contributed by atoms with Gasteiger partial charge < -0.3 is 10.6 Å². The van der Waals surface area contributed by atoms with E-state index in [1.54, 1.807) is 22.5 Å². The monoisotopic (exact) mass is 503 g/mol. The summed E-state index contributed by atoms with van der Waals surface area (Å²) in [5.74, 6) is -0.0523. The molecular formula is C23H35Cl2N3O3S. The summed E-state index contributed by atoms with van der Waals surface area (Å²) < 4.78 is 26.9. The minimum Gasteiger partial charge on any atom is -0.349 e. The lowest BCUT2D eigenvalue weighted by atomic mass is 9.65. The normalized spacial score (nSPS) is 25.3. The Balaban J connectivity index is 1.82. The lowest BCUT2D eigenvalue weighted by Crippen LogP contribution is -2.63. The molecule has 2 fully saturated rings. The van der Waals surface area contributed by atoms with E-state index in [1.807, 2.05) is 13.8 Å². The zero-order valence-corrected chi connectivity index (χ0v) is 21.5. The van der Waals surface area contributed by atoms with Crippen LogP contribution in [0.5, 0.6) is 0 Å². The molecule has 0 saturated carbocycles. The summed E-state index contributed by atoms with van der Waals surface area (Å²) in [5.41, 5.74) is 0.160. The van der Waals surface area contributed by atoms with Crippen LogP contribution in [0.2, 0.25) is 10.0 Å². The number of amides is 1. The van der Waals surface area contributed by atoms with Gasteiger partial charge in [0, 0.05) is 41.7 Å². The van der Waals surface area contributed by atoms with Crippen molar-refractivity contribution in [3.63, 3.8) is 0 Å². The molecule has 0 aliphatic carbocycles. The Labute approximate surface area is 202 Å². The van der Waals surface area contributed by atoms with Crippen molar-refractivity contribution in [3.05, 3.63) is 33.8 Å². The fourth-order valence-electron chi connectivity index (χ4n) is 5.33. The number of benzene rings is 1. The molecule has 2 N–H and O–H groups in total. The second-order valence-electron chi connectivity index (χ2n) is 9.32. The zero-order chi connectivity index (χ0) is 23.5. The van der Waals surface area contributed by atoms with Crippen molar-refractivity contribution in [3.8, 4) is 0 Å². The second-order valence-corrected chi connectivity index (χ2v) is 12.3. The number of piperidine rings is 2. The maximum absolute atomic E-state index is 13.1. The van der Waals surface area contributed by atoms with Crippen LogP contribution >= 0.6 is 23.2 Å². The van der Waals surface area contributed by atoms with Gasteiger partial charge in [-0.2, -0.15) is 0 Å². The smallest absolute Gasteiger partial charge is 0.253 e. The summed E-state index contributed by atoms with van der Waals surface area (Å²) in [6, 6.07) is 5.34. The van der Waals surface area contributed by atoms with Crippen molar-refractivity contribution in [1.82, 2.24) is 14.9 Å². The summed E-state index contributed by atoms with van der Waals surface area (Å²) in [6.07, 6.45) is 5.30. The standard InChI is InChI=1S/C23H35Cl2N3O3S/c1-4-14-32(30,31)28-12-10-23(11-13-28,21-7-5-6-16(2)26-21)17(3)27-22(29)19-9-8-18(24)15-20(19)25/h8-9,15-17,21,26H,4-7,10-14H2,1-3H3,(H,27,29)/t16?,17-,21?/m0/s1. The van der Waals surface area contributed by atoms with Crippen LogP contribution in [0, 0.1) is 5.41 Å². The molecule has 180 valence electrons. The average molecular weight is 505 g/mol. The Hall–Kier alpha value is -0.860. The van der Waals surface area contributed by atoms with Crippen molar-refractivity contribution in [1.29, 1.82) is 0 Å². The van der Waals surface area contributed by atoms with Crippen LogP contribution in [0.1, 0.15) is 69.7 Å². The highest BCUT2D eigenvalue weighted by Crippen LogP contribution is 2.42. The average Bonchev–Trinajstić information content (AvgIpc) is 2.73. The van der Waals surface area contributed by atoms with Crippen molar-refractivity contribution in [2.24, 2.45) is 5.41 Å². The van der Waals surface area contributed by atoms with Gasteiger partial charge in [-0.25, -0.2) is 12.7 Å². The maximum Gasteiger partial charge on any atom is 0.253 e. The molecule has 1 amide bonds. The van der Waals surface area contributed by atoms with E-state index < -0.39 is 10.0 Å². The minimum absolute atomic E-state index is 0.152. The van der Waals surface area contributed by atoms with Gasteiger partial charge in [0.15, 0.2) is 0 Å². The number of carbonyl (C=O) groups excluding carboxylic acids is 1. The zero-order valence-electron chi connectivity index (χ0n) is 19.2. The lowest BCUT2D eigenvalue weighted by Gasteiger charge is -2.52. The summed E-state index contributed by atoms with van der Waals surface area (Å²) in [4.78, 5) is 13.1. The largest absolute Gasteiger partial charge is 0.349 e. The van der Waals surface area contributed by atoms with Crippen molar-refractivity contribution >= 4 is 39.1 Å². The fourth-order valence-corrected chi connectivity index (χ4v) is 7.34. The highest BCUT2D eigenvalue weighted by atomic mass is 35.5. The molecule has 2 aliphatic rings. The van der Waals surface area contributed by atoms with E-state index in [2.05, 4.69) is 17.6 Å². The molecule has 2 saturated heterocycles. The van der Waals surface area contributed by atoms with E-state index in [1.165, 1.54) is 0 Å².